The number of H-pyrrole nitrogens is 2. The summed E-state index contributed by atoms with van der Waals surface area (Å²) in [7, 11) is 0. The van der Waals surface area contributed by atoms with Crippen LogP contribution >= 0.6 is 11.8 Å². The number of nitrogens with one attached hydrogen (secondary N) is 2. The number of hydrogen-bond acceptors (Lipinski definition) is 6. The van der Waals surface area contributed by atoms with Crippen LogP contribution in [0.3, 0.4) is 0 Å². The van der Waals surface area contributed by atoms with Gasteiger partial charge in [0.25, 0.3) is 11.1 Å². The molecule has 148 valence electrons. The number of hydrogen-bond donors (Lipinski definition) is 2. The summed E-state index contributed by atoms with van der Waals surface area (Å²) in [6.45, 7) is 1.92. The predicted octanol–water partition coefficient (Wildman–Crippen LogP) is 2.95. The lowest BCUT2D eigenvalue weighted by Crippen LogP contribution is -2.13. The molecular weight excluding hydrogens is 400 g/mol. The van der Waals surface area contributed by atoms with E-state index in [9.17, 15) is 9.59 Å². The Kier molecular flexibility index (Phi) is 4.44. The van der Waals surface area contributed by atoms with E-state index >= 15 is 0 Å². The van der Waals surface area contributed by atoms with Crippen molar-refractivity contribution in [2.75, 3.05) is 0 Å². The Hall–Kier alpha value is -3.72. The van der Waals surface area contributed by atoms with Crippen molar-refractivity contribution in [2.45, 2.75) is 17.8 Å². The summed E-state index contributed by atoms with van der Waals surface area (Å²) in [4.78, 5) is 39.6. The molecule has 3 aromatic heterocycles. The van der Waals surface area contributed by atoms with Gasteiger partial charge in [-0.2, -0.15) is 5.10 Å². The molecule has 8 nitrogen and oxygen atoms in total. The molecule has 5 aromatic rings. The van der Waals surface area contributed by atoms with E-state index in [1.807, 2.05) is 49.4 Å². The van der Waals surface area contributed by atoms with Crippen LogP contribution in [-0.4, -0.2) is 29.7 Å². The smallest absolute Gasteiger partial charge is 0.262 e. The van der Waals surface area contributed by atoms with Gasteiger partial charge in [-0.25, -0.2) is 14.6 Å². The van der Waals surface area contributed by atoms with Crippen LogP contribution in [0.15, 0.2) is 69.5 Å². The second-order valence-electron chi connectivity index (χ2n) is 6.77. The van der Waals surface area contributed by atoms with Crippen molar-refractivity contribution in [2.24, 2.45) is 0 Å². The average Bonchev–Trinajstić information content (AvgIpc) is 3.18. The van der Waals surface area contributed by atoms with Crippen LogP contribution in [0.25, 0.3) is 27.6 Å². The van der Waals surface area contributed by atoms with Gasteiger partial charge in [0.1, 0.15) is 11.2 Å². The number of para-hydroxylation sites is 2. The van der Waals surface area contributed by atoms with E-state index < -0.39 is 0 Å². The quantitative estimate of drug-likeness (QED) is 0.344. The van der Waals surface area contributed by atoms with Gasteiger partial charge in [-0.05, 0) is 30.7 Å². The van der Waals surface area contributed by atoms with Crippen LogP contribution in [-0.2, 0) is 5.75 Å². The van der Waals surface area contributed by atoms with Gasteiger partial charge in [0.05, 0.1) is 28.5 Å². The van der Waals surface area contributed by atoms with Crippen LogP contribution in [0.2, 0.25) is 0 Å². The van der Waals surface area contributed by atoms with Gasteiger partial charge in [0, 0.05) is 0 Å². The topological polar surface area (TPSA) is 109 Å². The fourth-order valence-corrected chi connectivity index (χ4v) is 4.01. The lowest BCUT2D eigenvalue weighted by atomic mass is 10.1. The van der Waals surface area contributed by atoms with Gasteiger partial charge in [-0.15, -0.1) is 0 Å². The minimum Gasteiger partial charge on any atom is -0.309 e. The maximum atomic E-state index is 12.5. The van der Waals surface area contributed by atoms with Crippen LogP contribution in [0, 0.1) is 6.92 Å². The summed E-state index contributed by atoms with van der Waals surface area (Å²) >= 11 is 1.29. The zero-order chi connectivity index (χ0) is 20.7. The van der Waals surface area contributed by atoms with Crippen molar-refractivity contribution < 1.29 is 0 Å². The standard InChI is InChI=1S/C21H16N6O2S/c1-12-6-5-9-14-17(12)23-16(24-19(14)28)11-30-21-25-18-15(20(29)26-21)10-22-27(18)13-7-3-2-4-8-13/h2-10H,11H2,1H3,(H,23,24,28)(H,25,26,29). The first-order valence-corrected chi connectivity index (χ1v) is 10.2. The maximum absolute atomic E-state index is 12.5. The molecule has 0 aliphatic heterocycles. The third-order valence-corrected chi connectivity index (χ3v) is 5.63. The summed E-state index contributed by atoms with van der Waals surface area (Å²) in [6.07, 6.45) is 1.51. The molecule has 0 aliphatic carbocycles. The van der Waals surface area contributed by atoms with E-state index in [1.165, 1.54) is 18.0 Å². The van der Waals surface area contributed by atoms with Gasteiger partial charge in [-0.1, -0.05) is 42.1 Å². The molecule has 0 aliphatic rings. The minimum absolute atomic E-state index is 0.182. The first-order valence-electron chi connectivity index (χ1n) is 9.25. The third kappa shape index (κ3) is 3.18. The molecule has 0 bridgehead atoms. The second-order valence-corrected chi connectivity index (χ2v) is 7.74. The number of fused-ring (bicyclic) bond motifs is 2. The summed E-state index contributed by atoms with van der Waals surface area (Å²) in [6, 6.07) is 15.0. The molecular formula is C21H16N6O2S. The highest BCUT2D eigenvalue weighted by molar-refractivity contribution is 7.98. The Morgan fingerprint density at radius 1 is 0.933 bits per heavy atom. The number of aromatic nitrogens is 6. The minimum atomic E-state index is -0.263. The van der Waals surface area contributed by atoms with Crippen molar-refractivity contribution in [3.05, 3.63) is 86.8 Å². The van der Waals surface area contributed by atoms with Crippen molar-refractivity contribution in [3.8, 4) is 5.69 Å². The van der Waals surface area contributed by atoms with E-state index in [2.05, 4.69) is 25.0 Å². The van der Waals surface area contributed by atoms with Gasteiger partial charge >= 0.3 is 0 Å². The normalized spacial score (nSPS) is 11.4. The van der Waals surface area contributed by atoms with E-state index in [4.69, 9.17) is 0 Å². The molecule has 2 N–H and O–H groups in total. The van der Waals surface area contributed by atoms with Crippen molar-refractivity contribution in [1.29, 1.82) is 0 Å². The Balaban J connectivity index is 1.51. The molecule has 0 atom stereocenters. The first kappa shape index (κ1) is 18.3. The Bertz CT molecular complexity index is 1500. The SMILES string of the molecule is Cc1cccc2c(=O)[nH]c(CSc3nc4c(cnn4-c4ccccc4)c(=O)[nH]3)nc12. The second kappa shape index (κ2) is 7.27. The van der Waals surface area contributed by atoms with Crippen molar-refractivity contribution in [3.63, 3.8) is 0 Å². The van der Waals surface area contributed by atoms with Crippen LogP contribution in [0.4, 0.5) is 0 Å². The molecule has 0 radical (unpaired) electrons. The highest BCUT2D eigenvalue weighted by Gasteiger charge is 2.13. The van der Waals surface area contributed by atoms with E-state index in [-0.39, 0.29) is 11.1 Å². The molecule has 0 saturated carbocycles. The predicted molar refractivity (Wildman–Crippen MR) is 116 cm³/mol. The zero-order valence-electron chi connectivity index (χ0n) is 15.9. The van der Waals surface area contributed by atoms with E-state index in [0.717, 1.165) is 11.3 Å². The number of benzene rings is 2. The highest BCUT2D eigenvalue weighted by atomic mass is 32.2. The molecule has 0 fully saturated rings. The number of aromatic amines is 2. The Morgan fingerprint density at radius 2 is 1.73 bits per heavy atom. The molecule has 0 unspecified atom stereocenters. The maximum Gasteiger partial charge on any atom is 0.262 e. The third-order valence-electron chi connectivity index (χ3n) is 4.75. The fraction of sp³-hybridized carbons (Fsp3) is 0.0952. The van der Waals surface area contributed by atoms with Gasteiger partial charge in [0.2, 0.25) is 0 Å². The summed E-state index contributed by atoms with van der Waals surface area (Å²) in [5.41, 5.74) is 2.46. The monoisotopic (exact) mass is 416 g/mol. The first-order chi connectivity index (χ1) is 14.6. The van der Waals surface area contributed by atoms with Crippen LogP contribution < -0.4 is 11.1 Å². The average molecular weight is 416 g/mol. The molecule has 5 rings (SSSR count). The fourth-order valence-electron chi connectivity index (χ4n) is 3.28. The lowest BCUT2D eigenvalue weighted by molar-refractivity contribution is 0.872. The number of nitrogens with zero attached hydrogens (tertiary/aromatic N) is 4. The molecule has 0 saturated heterocycles. The van der Waals surface area contributed by atoms with E-state index in [0.29, 0.717) is 38.7 Å². The molecule has 0 spiro atoms. The summed E-state index contributed by atoms with van der Waals surface area (Å²) < 4.78 is 1.63. The van der Waals surface area contributed by atoms with Crippen molar-refractivity contribution >= 4 is 33.7 Å². The van der Waals surface area contributed by atoms with E-state index in [1.54, 1.807) is 10.7 Å². The molecule has 30 heavy (non-hydrogen) atoms. The zero-order valence-corrected chi connectivity index (χ0v) is 16.7. The largest absolute Gasteiger partial charge is 0.309 e. The van der Waals surface area contributed by atoms with Crippen molar-refractivity contribution in [1.82, 2.24) is 29.7 Å². The summed E-state index contributed by atoms with van der Waals surface area (Å²) in [5, 5.41) is 5.71. The molecule has 0 amide bonds. The van der Waals surface area contributed by atoms with Gasteiger partial charge in [-0.3, -0.25) is 9.59 Å². The molecule has 9 heteroatoms. The Morgan fingerprint density at radius 3 is 2.57 bits per heavy atom. The molecule has 2 aromatic carbocycles. The summed E-state index contributed by atoms with van der Waals surface area (Å²) in [5.74, 6) is 0.874. The molecule has 3 heterocycles. The van der Waals surface area contributed by atoms with Crippen LogP contribution in [0.1, 0.15) is 11.4 Å². The number of rotatable bonds is 4. The van der Waals surface area contributed by atoms with Crippen LogP contribution in [0.5, 0.6) is 0 Å². The van der Waals surface area contributed by atoms with Gasteiger partial charge < -0.3 is 9.97 Å². The van der Waals surface area contributed by atoms with Gasteiger partial charge in [0.15, 0.2) is 10.8 Å². The highest BCUT2D eigenvalue weighted by Crippen LogP contribution is 2.21. The Labute approximate surface area is 174 Å². The lowest BCUT2D eigenvalue weighted by Gasteiger charge is -2.06. The number of thioether (sulfide) groups is 1. The number of aryl methyl sites for hydroxylation is 1.